The Labute approximate surface area is 117 Å². The standard InChI is InChI=1S/C12H16N2O3S2/c1-18-8-9(6-7-15)13-12-10-4-2-3-5-11(10)19(16,17)14-12/h2-5,9,15H,6-8H2,1H3,(H,13,14). The van der Waals surface area contributed by atoms with Gasteiger partial charge >= 0.3 is 0 Å². The van der Waals surface area contributed by atoms with E-state index in [0.29, 0.717) is 17.8 Å². The van der Waals surface area contributed by atoms with Gasteiger partial charge in [-0.05, 0) is 24.8 Å². The highest BCUT2D eigenvalue weighted by atomic mass is 32.2. The highest BCUT2D eigenvalue weighted by Gasteiger charge is 2.30. The van der Waals surface area contributed by atoms with Crippen molar-refractivity contribution in [2.75, 3.05) is 18.6 Å². The van der Waals surface area contributed by atoms with Gasteiger partial charge in [0, 0.05) is 17.9 Å². The minimum Gasteiger partial charge on any atom is -0.396 e. The topological polar surface area (TPSA) is 78.8 Å². The van der Waals surface area contributed by atoms with Crippen molar-refractivity contribution in [2.24, 2.45) is 4.99 Å². The van der Waals surface area contributed by atoms with E-state index in [-0.39, 0.29) is 17.5 Å². The van der Waals surface area contributed by atoms with Gasteiger partial charge < -0.3 is 5.11 Å². The van der Waals surface area contributed by atoms with E-state index in [1.807, 2.05) is 6.26 Å². The molecule has 1 atom stereocenters. The molecule has 1 unspecified atom stereocenters. The van der Waals surface area contributed by atoms with E-state index in [1.54, 1.807) is 36.0 Å². The summed E-state index contributed by atoms with van der Waals surface area (Å²) in [7, 11) is -3.48. The van der Waals surface area contributed by atoms with Crippen LogP contribution in [0.5, 0.6) is 0 Å². The lowest BCUT2D eigenvalue weighted by molar-refractivity contribution is 0.280. The van der Waals surface area contributed by atoms with E-state index in [0.717, 1.165) is 5.75 Å². The maximum atomic E-state index is 11.9. The second kappa shape index (κ2) is 5.94. The smallest absolute Gasteiger partial charge is 0.263 e. The Hall–Kier alpha value is -1.05. The maximum absolute atomic E-state index is 11.9. The summed E-state index contributed by atoms with van der Waals surface area (Å²) in [6, 6.07) is 6.68. The molecule has 0 aromatic heterocycles. The van der Waals surface area contributed by atoms with Crippen molar-refractivity contribution in [1.82, 2.24) is 4.72 Å². The molecule has 0 amide bonds. The van der Waals surface area contributed by atoms with E-state index < -0.39 is 10.0 Å². The van der Waals surface area contributed by atoms with Crippen LogP contribution in [0.4, 0.5) is 0 Å². The fraction of sp³-hybridized carbons (Fsp3) is 0.417. The van der Waals surface area contributed by atoms with Crippen LogP contribution in [0.1, 0.15) is 12.0 Å². The molecule has 104 valence electrons. The fourth-order valence-electron chi connectivity index (χ4n) is 1.94. The Bertz CT molecular complexity index is 578. The Balaban J connectivity index is 2.37. The van der Waals surface area contributed by atoms with Crippen LogP contribution in [0.3, 0.4) is 0 Å². The quantitative estimate of drug-likeness (QED) is 0.844. The molecular weight excluding hydrogens is 284 g/mol. The molecule has 0 fully saturated rings. The zero-order chi connectivity index (χ0) is 13.9. The first-order valence-corrected chi connectivity index (χ1v) is 8.76. The van der Waals surface area contributed by atoms with Crippen LogP contribution in [0.15, 0.2) is 34.2 Å². The molecule has 1 aromatic rings. The monoisotopic (exact) mass is 300 g/mol. The van der Waals surface area contributed by atoms with Gasteiger partial charge in [0.2, 0.25) is 0 Å². The number of sulfonamides is 1. The number of aliphatic hydroxyl groups excluding tert-OH is 1. The van der Waals surface area contributed by atoms with Crippen LogP contribution in [-0.4, -0.2) is 44.0 Å². The number of benzene rings is 1. The second-order valence-electron chi connectivity index (χ2n) is 4.20. The van der Waals surface area contributed by atoms with Crippen LogP contribution < -0.4 is 4.72 Å². The van der Waals surface area contributed by atoms with Gasteiger partial charge in [-0.2, -0.15) is 11.8 Å². The van der Waals surface area contributed by atoms with E-state index in [2.05, 4.69) is 9.71 Å². The lowest BCUT2D eigenvalue weighted by Crippen LogP contribution is -2.25. The molecular formula is C12H16N2O3S2. The molecule has 0 saturated carbocycles. The molecule has 2 N–H and O–H groups in total. The second-order valence-corrected chi connectivity index (χ2v) is 6.76. The molecule has 19 heavy (non-hydrogen) atoms. The van der Waals surface area contributed by atoms with Crippen LogP contribution >= 0.6 is 11.8 Å². The zero-order valence-corrected chi connectivity index (χ0v) is 12.2. The molecule has 0 saturated heterocycles. The van der Waals surface area contributed by atoms with Gasteiger partial charge in [0.1, 0.15) is 5.84 Å². The van der Waals surface area contributed by atoms with Crippen molar-refractivity contribution in [3.8, 4) is 0 Å². The summed E-state index contributed by atoms with van der Waals surface area (Å²) in [6.45, 7) is 0.0381. The molecule has 1 heterocycles. The predicted molar refractivity (Wildman–Crippen MR) is 77.2 cm³/mol. The van der Waals surface area contributed by atoms with Gasteiger partial charge in [0.25, 0.3) is 10.0 Å². The van der Waals surface area contributed by atoms with Gasteiger partial charge in [-0.15, -0.1) is 0 Å². The van der Waals surface area contributed by atoms with E-state index in [9.17, 15) is 8.42 Å². The van der Waals surface area contributed by atoms with Crippen LogP contribution in [0.25, 0.3) is 0 Å². The normalized spacial score (nSPS) is 20.0. The molecule has 7 heteroatoms. The Morgan fingerprint density at radius 2 is 2.16 bits per heavy atom. The number of aliphatic imine (C=N–C) groups is 1. The lowest BCUT2D eigenvalue weighted by atomic mass is 10.2. The van der Waals surface area contributed by atoms with Gasteiger partial charge in [0.15, 0.2) is 0 Å². The van der Waals surface area contributed by atoms with Crippen molar-refractivity contribution in [3.63, 3.8) is 0 Å². The Kier molecular flexibility index (Phi) is 4.49. The first kappa shape index (κ1) is 14.4. The summed E-state index contributed by atoms with van der Waals surface area (Å²) >= 11 is 1.62. The lowest BCUT2D eigenvalue weighted by Gasteiger charge is -2.10. The molecule has 2 rings (SSSR count). The minimum absolute atomic E-state index is 0.0381. The molecule has 0 radical (unpaired) electrons. The largest absolute Gasteiger partial charge is 0.396 e. The Morgan fingerprint density at radius 3 is 2.84 bits per heavy atom. The summed E-state index contributed by atoms with van der Waals surface area (Å²) in [6.07, 6.45) is 2.48. The summed E-state index contributed by atoms with van der Waals surface area (Å²) in [5.74, 6) is 1.12. The van der Waals surface area contributed by atoms with Gasteiger partial charge in [-0.25, -0.2) is 8.42 Å². The number of nitrogens with zero attached hydrogens (tertiary/aromatic N) is 1. The van der Waals surface area contributed by atoms with Crippen LogP contribution in [0.2, 0.25) is 0 Å². The highest BCUT2D eigenvalue weighted by molar-refractivity contribution is 7.98. The third kappa shape index (κ3) is 3.10. The summed E-state index contributed by atoms with van der Waals surface area (Å²) < 4.78 is 26.3. The van der Waals surface area contributed by atoms with Crippen molar-refractivity contribution in [1.29, 1.82) is 0 Å². The van der Waals surface area contributed by atoms with E-state index in [4.69, 9.17) is 5.11 Å². The third-order valence-electron chi connectivity index (χ3n) is 2.80. The van der Waals surface area contributed by atoms with E-state index in [1.165, 1.54) is 0 Å². The minimum atomic E-state index is -3.48. The number of nitrogens with one attached hydrogen (secondary N) is 1. The average Bonchev–Trinajstić information content (AvgIpc) is 2.63. The van der Waals surface area contributed by atoms with Crippen LogP contribution in [-0.2, 0) is 10.0 Å². The average molecular weight is 300 g/mol. The van der Waals surface area contributed by atoms with Gasteiger partial charge in [-0.1, -0.05) is 12.1 Å². The number of aliphatic hydroxyl groups is 1. The highest BCUT2D eigenvalue weighted by Crippen LogP contribution is 2.23. The molecule has 0 spiro atoms. The fourth-order valence-corrected chi connectivity index (χ4v) is 3.80. The van der Waals surface area contributed by atoms with Crippen molar-refractivity contribution < 1.29 is 13.5 Å². The molecule has 0 bridgehead atoms. The number of fused-ring (bicyclic) bond motifs is 1. The maximum Gasteiger partial charge on any atom is 0.263 e. The van der Waals surface area contributed by atoms with Gasteiger partial charge in [-0.3, -0.25) is 9.71 Å². The first-order chi connectivity index (χ1) is 9.08. The number of amidine groups is 1. The number of rotatable bonds is 5. The van der Waals surface area contributed by atoms with Crippen molar-refractivity contribution in [3.05, 3.63) is 29.8 Å². The van der Waals surface area contributed by atoms with Crippen molar-refractivity contribution >= 4 is 27.6 Å². The summed E-state index contributed by atoms with van der Waals surface area (Å²) in [5, 5.41) is 9.02. The molecule has 1 aliphatic heterocycles. The van der Waals surface area contributed by atoms with Crippen molar-refractivity contribution in [2.45, 2.75) is 17.4 Å². The molecule has 5 nitrogen and oxygen atoms in total. The molecule has 1 aromatic carbocycles. The molecule has 1 aliphatic rings. The summed E-state index contributed by atoms with van der Waals surface area (Å²) in [5.41, 5.74) is 0.603. The zero-order valence-electron chi connectivity index (χ0n) is 10.5. The number of hydrogen-bond donors (Lipinski definition) is 2. The van der Waals surface area contributed by atoms with Gasteiger partial charge in [0.05, 0.1) is 10.9 Å². The van der Waals surface area contributed by atoms with E-state index >= 15 is 0 Å². The first-order valence-electron chi connectivity index (χ1n) is 5.88. The molecule has 0 aliphatic carbocycles. The van der Waals surface area contributed by atoms with Crippen LogP contribution in [0, 0.1) is 0 Å². The predicted octanol–water partition coefficient (Wildman–Crippen LogP) is 0.839. The number of hydrogen-bond acceptors (Lipinski definition) is 5. The SMILES string of the molecule is CSCC(CCO)N=C1NS(=O)(=O)c2ccccc21. The summed E-state index contributed by atoms with van der Waals surface area (Å²) in [4.78, 5) is 4.70. The number of thioether (sulfide) groups is 1. The third-order valence-corrected chi connectivity index (χ3v) is 4.91. The Morgan fingerprint density at radius 1 is 1.42 bits per heavy atom.